The summed E-state index contributed by atoms with van der Waals surface area (Å²) in [6.07, 6.45) is 7.56. The normalized spacial score (nSPS) is 22.9. The van der Waals surface area contributed by atoms with Crippen LogP contribution in [0.4, 0.5) is 0 Å². The molecule has 1 aliphatic rings. The van der Waals surface area contributed by atoms with Gasteiger partial charge >= 0.3 is 0 Å². The molecule has 2 unspecified atom stereocenters. The molecule has 1 N–H and O–H groups in total. The van der Waals surface area contributed by atoms with E-state index in [4.69, 9.17) is 0 Å². The lowest BCUT2D eigenvalue weighted by atomic mass is 9.92. The largest absolute Gasteiger partial charge is 0.356 e. The van der Waals surface area contributed by atoms with E-state index < -0.39 is 0 Å². The van der Waals surface area contributed by atoms with Crippen LogP contribution in [0.3, 0.4) is 0 Å². The lowest BCUT2D eigenvalue weighted by Crippen LogP contribution is -2.48. The fourth-order valence-corrected chi connectivity index (χ4v) is 3.42. The van der Waals surface area contributed by atoms with Crippen molar-refractivity contribution in [1.82, 2.24) is 19.8 Å². The molecule has 1 fully saturated rings. The molecule has 0 bridgehead atoms. The zero-order valence-corrected chi connectivity index (χ0v) is 14.5. The summed E-state index contributed by atoms with van der Waals surface area (Å²) in [6.45, 7) is 11.0. The zero-order chi connectivity index (χ0) is 15.9. The molecule has 1 aliphatic heterocycles. The molecule has 0 amide bonds. The maximum Gasteiger partial charge on any atom is 0.193 e. The predicted molar refractivity (Wildman–Crippen MR) is 92.1 cm³/mol. The second kappa shape index (κ2) is 8.20. The van der Waals surface area contributed by atoms with Gasteiger partial charge in [0.05, 0.1) is 0 Å². The van der Waals surface area contributed by atoms with Crippen molar-refractivity contribution >= 4 is 5.96 Å². The average molecular weight is 305 g/mol. The number of nitrogens with one attached hydrogen (secondary N) is 1. The molecule has 0 aliphatic carbocycles. The summed E-state index contributed by atoms with van der Waals surface area (Å²) >= 11 is 0. The van der Waals surface area contributed by atoms with E-state index in [-0.39, 0.29) is 0 Å². The van der Waals surface area contributed by atoms with E-state index in [1.54, 1.807) is 0 Å². The van der Waals surface area contributed by atoms with Crippen LogP contribution in [0.2, 0.25) is 0 Å². The summed E-state index contributed by atoms with van der Waals surface area (Å²) in [7, 11) is 1.89. The Labute approximate surface area is 134 Å². The summed E-state index contributed by atoms with van der Waals surface area (Å²) in [4.78, 5) is 11.1. The molecule has 5 nitrogen and oxygen atoms in total. The van der Waals surface area contributed by atoms with E-state index in [0.717, 1.165) is 62.6 Å². The van der Waals surface area contributed by atoms with E-state index in [2.05, 4.69) is 51.7 Å². The van der Waals surface area contributed by atoms with Gasteiger partial charge in [0.1, 0.15) is 5.82 Å². The Bertz CT molecular complexity index is 469. The van der Waals surface area contributed by atoms with Crippen molar-refractivity contribution < 1.29 is 0 Å². The minimum absolute atomic E-state index is 0.756. The Kier molecular flexibility index (Phi) is 6.28. The Morgan fingerprint density at radius 3 is 2.64 bits per heavy atom. The minimum Gasteiger partial charge on any atom is -0.356 e. The van der Waals surface area contributed by atoms with E-state index in [0.29, 0.717) is 0 Å². The number of aliphatic imine (C=N–C) groups is 1. The van der Waals surface area contributed by atoms with Crippen LogP contribution in [0.5, 0.6) is 0 Å². The number of aromatic nitrogens is 2. The first-order chi connectivity index (χ1) is 10.6. The quantitative estimate of drug-likeness (QED) is 0.516. The first kappa shape index (κ1) is 16.8. The van der Waals surface area contributed by atoms with Crippen molar-refractivity contribution in [1.29, 1.82) is 0 Å². The molecular formula is C17H31N5. The van der Waals surface area contributed by atoms with Crippen molar-refractivity contribution in [3.8, 4) is 0 Å². The van der Waals surface area contributed by atoms with E-state index >= 15 is 0 Å². The molecule has 1 aromatic heterocycles. The molecule has 0 saturated carbocycles. The molecule has 0 aromatic carbocycles. The van der Waals surface area contributed by atoms with Crippen molar-refractivity contribution in [2.45, 2.75) is 46.6 Å². The van der Waals surface area contributed by atoms with Gasteiger partial charge in [-0.1, -0.05) is 13.8 Å². The van der Waals surface area contributed by atoms with Crippen molar-refractivity contribution in [3.63, 3.8) is 0 Å². The summed E-state index contributed by atoms with van der Waals surface area (Å²) in [5.41, 5.74) is 0. The number of hydrogen-bond donors (Lipinski definition) is 1. The number of nitrogens with zero attached hydrogens (tertiary/aromatic N) is 4. The molecule has 124 valence electrons. The number of piperidine rings is 1. The van der Waals surface area contributed by atoms with E-state index in [1.165, 1.54) is 6.42 Å². The predicted octanol–water partition coefficient (Wildman–Crippen LogP) is 2.53. The highest BCUT2D eigenvalue weighted by atomic mass is 15.3. The smallest absolute Gasteiger partial charge is 0.193 e. The number of hydrogen-bond acceptors (Lipinski definition) is 2. The number of aryl methyl sites for hydroxylation is 2. The third-order valence-corrected chi connectivity index (χ3v) is 4.41. The molecule has 2 atom stereocenters. The number of likely N-dealkylation sites (tertiary alicyclic amines) is 1. The molecular weight excluding hydrogens is 274 g/mol. The van der Waals surface area contributed by atoms with Crippen LogP contribution in [-0.4, -0.2) is 47.1 Å². The number of unbranched alkanes of at least 4 members (excludes halogenated alkanes) is 1. The molecule has 2 heterocycles. The monoisotopic (exact) mass is 305 g/mol. The van der Waals surface area contributed by atoms with Gasteiger partial charge < -0.3 is 14.8 Å². The van der Waals surface area contributed by atoms with Gasteiger partial charge in [0, 0.05) is 45.6 Å². The fourth-order valence-electron chi connectivity index (χ4n) is 3.42. The maximum absolute atomic E-state index is 4.46. The average Bonchev–Trinajstić information content (AvgIpc) is 2.87. The lowest BCUT2D eigenvalue weighted by Gasteiger charge is -2.37. The van der Waals surface area contributed by atoms with Crippen molar-refractivity contribution in [2.24, 2.45) is 16.8 Å². The minimum atomic E-state index is 0.756. The van der Waals surface area contributed by atoms with E-state index in [9.17, 15) is 0 Å². The van der Waals surface area contributed by atoms with Gasteiger partial charge in [-0.25, -0.2) is 4.98 Å². The number of guanidine groups is 1. The van der Waals surface area contributed by atoms with Crippen molar-refractivity contribution in [2.75, 3.05) is 26.7 Å². The van der Waals surface area contributed by atoms with Crippen LogP contribution in [-0.2, 0) is 6.54 Å². The van der Waals surface area contributed by atoms with Gasteiger partial charge in [0.25, 0.3) is 0 Å². The zero-order valence-electron chi connectivity index (χ0n) is 14.5. The summed E-state index contributed by atoms with van der Waals surface area (Å²) in [6, 6.07) is 0. The number of imidazole rings is 1. The topological polar surface area (TPSA) is 45.5 Å². The third kappa shape index (κ3) is 4.75. The highest BCUT2D eigenvalue weighted by Crippen LogP contribution is 2.20. The fraction of sp³-hybridized carbons (Fsp3) is 0.765. The molecule has 2 rings (SSSR count). The maximum atomic E-state index is 4.46. The standard InChI is InChI=1S/C17H31N5/c1-14-11-15(2)13-22(12-14)17(18-4)20-7-5-6-9-21-10-8-19-16(21)3/h8,10,14-15H,5-7,9,11-13H2,1-4H3,(H,18,20). The molecule has 0 spiro atoms. The van der Waals surface area contributed by atoms with Crippen LogP contribution < -0.4 is 5.32 Å². The van der Waals surface area contributed by atoms with Crippen LogP contribution in [0.15, 0.2) is 17.4 Å². The number of rotatable bonds is 5. The second-order valence-corrected chi connectivity index (χ2v) is 6.70. The van der Waals surface area contributed by atoms with Gasteiger partial charge in [-0.15, -0.1) is 0 Å². The summed E-state index contributed by atoms with van der Waals surface area (Å²) < 4.78 is 2.21. The molecule has 5 heteroatoms. The van der Waals surface area contributed by atoms with Crippen LogP contribution in [0.25, 0.3) is 0 Å². The Morgan fingerprint density at radius 1 is 1.32 bits per heavy atom. The Balaban J connectivity index is 1.69. The van der Waals surface area contributed by atoms with Gasteiger partial charge in [0.2, 0.25) is 0 Å². The molecule has 22 heavy (non-hydrogen) atoms. The summed E-state index contributed by atoms with van der Waals surface area (Å²) in [5, 5.41) is 3.53. The van der Waals surface area contributed by atoms with Crippen molar-refractivity contribution in [3.05, 3.63) is 18.2 Å². The Morgan fingerprint density at radius 2 is 2.05 bits per heavy atom. The molecule has 1 saturated heterocycles. The van der Waals surface area contributed by atoms with Crippen LogP contribution in [0, 0.1) is 18.8 Å². The third-order valence-electron chi connectivity index (χ3n) is 4.41. The first-order valence-electron chi connectivity index (χ1n) is 8.53. The second-order valence-electron chi connectivity index (χ2n) is 6.70. The van der Waals surface area contributed by atoms with Gasteiger partial charge in [0.15, 0.2) is 5.96 Å². The molecule has 0 radical (unpaired) electrons. The highest BCUT2D eigenvalue weighted by molar-refractivity contribution is 5.79. The van der Waals surface area contributed by atoms with Crippen LogP contribution in [0.1, 0.15) is 38.9 Å². The van der Waals surface area contributed by atoms with E-state index in [1.807, 2.05) is 13.2 Å². The van der Waals surface area contributed by atoms with Gasteiger partial charge in [-0.3, -0.25) is 4.99 Å². The SMILES string of the molecule is CN=C(NCCCCn1ccnc1C)N1CC(C)CC(C)C1. The summed E-state index contributed by atoms with van der Waals surface area (Å²) in [5.74, 6) is 3.68. The van der Waals surface area contributed by atoms with Gasteiger partial charge in [-0.2, -0.15) is 0 Å². The van der Waals surface area contributed by atoms with Crippen LogP contribution >= 0.6 is 0 Å². The molecule has 1 aromatic rings. The van der Waals surface area contributed by atoms with Gasteiger partial charge in [-0.05, 0) is 38.0 Å². The highest BCUT2D eigenvalue weighted by Gasteiger charge is 2.23. The Hall–Kier alpha value is -1.52. The first-order valence-corrected chi connectivity index (χ1v) is 8.53. The lowest BCUT2D eigenvalue weighted by molar-refractivity contribution is 0.208.